The zero-order valence-electron chi connectivity index (χ0n) is 11.6. The summed E-state index contributed by atoms with van der Waals surface area (Å²) >= 11 is 3.29. The molecule has 0 fully saturated rings. The Morgan fingerprint density at radius 1 is 1.20 bits per heavy atom. The topological polar surface area (TPSA) is 42.0 Å². The molecule has 0 aliphatic rings. The molecule has 2 rings (SSSR count). The maximum Gasteiger partial charge on any atom is 0.254 e. The van der Waals surface area contributed by atoms with E-state index < -0.39 is 0 Å². The molecule has 0 saturated heterocycles. The quantitative estimate of drug-likeness (QED) is 0.870. The van der Waals surface area contributed by atoms with E-state index in [9.17, 15) is 4.79 Å². The van der Waals surface area contributed by atoms with Gasteiger partial charge in [-0.1, -0.05) is 44.2 Å². The second kappa shape index (κ2) is 6.18. The smallest absolute Gasteiger partial charge is 0.254 e. The van der Waals surface area contributed by atoms with Gasteiger partial charge in [-0.3, -0.25) is 4.79 Å². The van der Waals surface area contributed by atoms with E-state index in [1.54, 1.807) is 18.3 Å². The Morgan fingerprint density at radius 2 is 1.90 bits per heavy atom. The maximum absolute atomic E-state index is 12.2. The number of pyridine rings is 1. The van der Waals surface area contributed by atoms with Gasteiger partial charge >= 0.3 is 0 Å². The Morgan fingerprint density at radius 3 is 2.55 bits per heavy atom. The molecule has 4 heteroatoms. The maximum atomic E-state index is 12.2. The molecule has 0 radical (unpaired) electrons. The molecule has 0 spiro atoms. The number of hydrogen-bond acceptors (Lipinski definition) is 2. The Balaban J connectivity index is 2.05. The fourth-order valence-electron chi connectivity index (χ4n) is 1.94. The number of carbonyl (C=O) groups excluding carboxylic acids is 1. The number of amides is 1. The highest BCUT2D eigenvalue weighted by Gasteiger charge is 2.22. The summed E-state index contributed by atoms with van der Waals surface area (Å²) in [6, 6.07) is 13.7. The normalized spacial score (nSPS) is 11.2. The number of carbonyl (C=O) groups is 1. The molecule has 104 valence electrons. The summed E-state index contributed by atoms with van der Waals surface area (Å²) in [5.74, 6) is -0.117. The van der Waals surface area contributed by atoms with E-state index in [1.165, 1.54) is 5.56 Å². The minimum atomic E-state index is -0.119. The fraction of sp³-hybridized carbons (Fsp3) is 0.250. The standard InChI is InChI=1S/C16H17BrN2O/c1-16(2,12-7-4-3-5-8-12)11-19-15(20)13-9-6-10-18-14(13)17/h3-10H,11H2,1-2H3,(H,19,20). The van der Waals surface area contributed by atoms with Gasteiger partial charge in [0.15, 0.2) is 0 Å². The molecule has 0 aliphatic carbocycles. The van der Waals surface area contributed by atoms with Crippen molar-refractivity contribution >= 4 is 21.8 Å². The van der Waals surface area contributed by atoms with Crippen LogP contribution in [0.4, 0.5) is 0 Å². The molecule has 1 N–H and O–H groups in total. The van der Waals surface area contributed by atoms with E-state index in [1.807, 2.05) is 18.2 Å². The van der Waals surface area contributed by atoms with Crippen molar-refractivity contribution in [1.29, 1.82) is 0 Å². The van der Waals surface area contributed by atoms with Crippen LogP contribution in [-0.4, -0.2) is 17.4 Å². The van der Waals surface area contributed by atoms with Gasteiger partial charge in [0.2, 0.25) is 0 Å². The predicted octanol–water partition coefficient (Wildman–Crippen LogP) is 3.55. The van der Waals surface area contributed by atoms with E-state index in [-0.39, 0.29) is 11.3 Å². The number of halogens is 1. The van der Waals surface area contributed by atoms with E-state index in [0.29, 0.717) is 16.7 Å². The van der Waals surface area contributed by atoms with Crippen LogP contribution in [0.25, 0.3) is 0 Å². The minimum Gasteiger partial charge on any atom is -0.351 e. The Labute approximate surface area is 127 Å². The predicted molar refractivity (Wildman–Crippen MR) is 83.7 cm³/mol. The molecule has 0 aliphatic heterocycles. The third-order valence-electron chi connectivity index (χ3n) is 3.25. The van der Waals surface area contributed by atoms with Crippen LogP contribution >= 0.6 is 15.9 Å². The van der Waals surface area contributed by atoms with E-state index in [4.69, 9.17) is 0 Å². The lowest BCUT2D eigenvalue weighted by Crippen LogP contribution is -2.36. The van der Waals surface area contributed by atoms with Gasteiger partial charge in [-0.05, 0) is 33.6 Å². The van der Waals surface area contributed by atoms with Crippen LogP contribution in [0.3, 0.4) is 0 Å². The summed E-state index contributed by atoms with van der Waals surface area (Å²) in [6.07, 6.45) is 1.65. The summed E-state index contributed by atoms with van der Waals surface area (Å²) in [4.78, 5) is 16.2. The number of rotatable bonds is 4. The van der Waals surface area contributed by atoms with Crippen molar-refractivity contribution in [2.24, 2.45) is 0 Å². The van der Waals surface area contributed by atoms with E-state index >= 15 is 0 Å². The van der Waals surface area contributed by atoms with Gasteiger partial charge in [0.05, 0.1) is 5.56 Å². The Bertz CT molecular complexity index is 596. The average molecular weight is 333 g/mol. The van der Waals surface area contributed by atoms with Crippen molar-refractivity contribution in [2.45, 2.75) is 19.3 Å². The van der Waals surface area contributed by atoms with Gasteiger partial charge in [-0.25, -0.2) is 4.98 Å². The van der Waals surface area contributed by atoms with Gasteiger partial charge in [0.1, 0.15) is 4.60 Å². The molecule has 0 atom stereocenters. The summed E-state index contributed by atoms with van der Waals surface area (Å²) in [6.45, 7) is 4.79. The van der Waals surface area contributed by atoms with Crippen LogP contribution in [0.1, 0.15) is 29.8 Å². The lowest BCUT2D eigenvalue weighted by atomic mass is 9.84. The molecular formula is C16H17BrN2O. The number of nitrogens with zero attached hydrogens (tertiary/aromatic N) is 1. The van der Waals surface area contributed by atoms with Crippen molar-refractivity contribution < 1.29 is 4.79 Å². The average Bonchev–Trinajstić information content (AvgIpc) is 2.46. The molecule has 1 heterocycles. The molecule has 3 nitrogen and oxygen atoms in total. The SMILES string of the molecule is CC(C)(CNC(=O)c1cccnc1Br)c1ccccc1. The largest absolute Gasteiger partial charge is 0.351 e. The minimum absolute atomic E-state index is 0.117. The van der Waals surface area contributed by atoms with Crippen LogP contribution in [0.2, 0.25) is 0 Å². The molecule has 0 saturated carbocycles. The summed E-state index contributed by atoms with van der Waals surface area (Å²) < 4.78 is 0.565. The van der Waals surface area contributed by atoms with E-state index in [2.05, 4.69) is 52.2 Å². The van der Waals surface area contributed by atoms with Gasteiger partial charge in [0.25, 0.3) is 5.91 Å². The first-order valence-electron chi connectivity index (χ1n) is 6.45. The fourth-order valence-corrected chi connectivity index (χ4v) is 2.37. The van der Waals surface area contributed by atoms with Crippen LogP contribution in [0.5, 0.6) is 0 Å². The van der Waals surface area contributed by atoms with Crippen LogP contribution < -0.4 is 5.32 Å². The van der Waals surface area contributed by atoms with E-state index in [0.717, 1.165) is 0 Å². The second-order valence-electron chi connectivity index (χ2n) is 5.27. The second-order valence-corrected chi connectivity index (χ2v) is 6.03. The first kappa shape index (κ1) is 14.7. The Hall–Kier alpha value is -1.68. The highest BCUT2D eigenvalue weighted by molar-refractivity contribution is 9.10. The van der Waals surface area contributed by atoms with Gasteiger partial charge in [0, 0.05) is 18.2 Å². The number of hydrogen-bond donors (Lipinski definition) is 1. The highest BCUT2D eigenvalue weighted by atomic mass is 79.9. The van der Waals surface area contributed by atoms with Crippen molar-refractivity contribution in [1.82, 2.24) is 10.3 Å². The van der Waals surface area contributed by atoms with Crippen molar-refractivity contribution in [3.8, 4) is 0 Å². The van der Waals surface area contributed by atoms with Gasteiger partial charge < -0.3 is 5.32 Å². The first-order valence-corrected chi connectivity index (χ1v) is 7.24. The third kappa shape index (κ3) is 3.45. The Kier molecular flexibility index (Phi) is 4.55. The number of aromatic nitrogens is 1. The number of nitrogens with one attached hydrogen (secondary N) is 1. The van der Waals surface area contributed by atoms with Crippen molar-refractivity contribution in [3.63, 3.8) is 0 Å². The molecule has 1 aromatic carbocycles. The molecule has 1 aromatic heterocycles. The molecular weight excluding hydrogens is 316 g/mol. The zero-order chi connectivity index (χ0) is 14.6. The van der Waals surface area contributed by atoms with Gasteiger partial charge in [-0.2, -0.15) is 0 Å². The lowest BCUT2D eigenvalue weighted by Gasteiger charge is -2.25. The molecule has 2 aromatic rings. The highest BCUT2D eigenvalue weighted by Crippen LogP contribution is 2.22. The summed E-state index contributed by atoms with van der Waals surface area (Å²) in [5.41, 5.74) is 1.63. The lowest BCUT2D eigenvalue weighted by molar-refractivity contribution is 0.0944. The molecule has 1 amide bonds. The third-order valence-corrected chi connectivity index (χ3v) is 3.88. The zero-order valence-corrected chi connectivity index (χ0v) is 13.1. The van der Waals surface area contributed by atoms with Crippen LogP contribution in [0, 0.1) is 0 Å². The molecule has 0 bridgehead atoms. The number of benzene rings is 1. The summed E-state index contributed by atoms with van der Waals surface area (Å²) in [7, 11) is 0. The van der Waals surface area contributed by atoms with Gasteiger partial charge in [-0.15, -0.1) is 0 Å². The monoisotopic (exact) mass is 332 g/mol. The van der Waals surface area contributed by atoms with Crippen LogP contribution in [-0.2, 0) is 5.41 Å². The molecule has 20 heavy (non-hydrogen) atoms. The van der Waals surface area contributed by atoms with Crippen LogP contribution in [0.15, 0.2) is 53.3 Å². The summed E-state index contributed by atoms with van der Waals surface area (Å²) in [5, 5.41) is 2.97. The first-order chi connectivity index (χ1) is 9.50. The van der Waals surface area contributed by atoms with Crippen molar-refractivity contribution in [3.05, 3.63) is 64.4 Å². The molecule has 0 unspecified atom stereocenters. The van der Waals surface area contributed by atoms with Crippen molar-refractivity contribution in [2.75, 3.05) is 6.54 Å².